The standard InChI is InChI=1S/C20H26N2O4/c1-3-4-14-11-15(5-6-17(14)26-2)18(23)22-9-7-20(8-10-22)12-16(19(24)25)21-13-20/h3,5-6,11,16,21H,1,4,7-10,12-13H2,2H3,(H,24,25)/t16-/m0/s1. The maximum absolute atomic E-state index is 12.9. The lowest BCUT2D eigenvalue weighted by Crippen LogP contribution is -2.44. The summed E-state index contributed by atoms with van der Waals surface area (Å²) in [5, 5.41) is 12.3. The molecular formula is C20H26N2O4. The number of likely N-dealkylation sites (tertiary alicyclic amines) is 1. The lowest BCUT2D eigenvalue weighted by Gasteiger charge is -2.39. The summed E-state index contributed by atoms with van der Waals surface area (Å²) in [6.07, 6.45) is 4.77. The van der Waals surface area contributed by atoms with Gasteiger partial charge < -0.3 is 20.1 Å². The minimum absolute atomic E-state index is 0.00768. The molecule has 0 bridgehead atoms. The summed E-state index contributed by atoms with van der Waals surface area (Å²) in [6, 6.07) is 5.05. The molecule has 0 aliphatic carbocycles. The molecule has 1 aromatic carbocycles. The van der Waals surface area contributed by atoms with E-state index in [1.165, 1.54) is 0 Å². The number of nitrogens with zero attached hydrogens (tertiary/aromatic N) is 1. The summed E-state index contributed by atoms with van der Waals surface area (Å²) in [5.41, 5.74) is 1.62. The molecule has 2 aliphatic heterocycles. The first-order chi connectivity index (χ1) is 12.5. The molecule has 2 N–H and O–H groups in total. The average Bonchev–Trinajstić information content (AvgIpc) is 3.06. The van der Waals surface area contributed by atoms with Gasteiger partial charge in [-0.15, -0.1) is 6.58 Å². The number of amides is 1. The first-order valence-corrected chi connectivity index (χ1v) is 9.01. The zero-order chi connectivity index (χ0) is 18.7. The lowest BCUT2D eigenvalue weighted by atomic mass is 9.76. The van der Waals surface area contributed by atoms with Gasteiger partial charge in [0.1, 0.15) is 11.8 Å². The van der Waals surface area contributed by atoms with Crippen LogP contribution in [0.3, 0.4) is 0 Å². The van der Waals surface area contributed by atoms with E-state index >= 15 is 0 Å². The van der Waals surface area contributed by atoms with Gasteiger partial charge in [-0.1, -0.05) is 6.08 Å². The van der Waals surface area contributed by atoms with Crippen LogP contribution in [0.4, 0.5) is 0 Å². The fourth-order valence-electron chi connectivity index (χ4n) is 4.07. The molecule has 0 radical (unpaired) electrons. The minimum Gasteiger partial charge on any atom is -0.496 e. The van der Waals surface area contributed by atoms with Crippen LogP contribution < -0.4 is 10.1 Å². The van der Waals surface area contributed by atoms with Gasteiger partial charge in [0.15, 0.2) is 0 Å². The Kier molecular flexibility index (Phi) is 5.32. The second kappa shape index (κ2) is 7.50. The molecule has 1 aromatic rings. The summed E-state index contributed by atoms with van der Waals surface area (Å²) in [5.74, 6) is -0.00212. The Labute approximate surface area is 153 Å². The smallest absolute Gasteiger partial charge is 0.320 e. The van der Waals surface area contributed by atoms with E-state index in [4.69, 9.17) is 4.74 Å². The monoisotopic (exact) mass is 358 g/mol. The van der Waals surface area contributed by atoms with E-state index < -0.39 is 12.0 Å². The zero-order valence-corrected chi connectivity index (χ0v) is 15.2. The maximum Gasteiger partial charge on any atom is 0.320 e. The molecule has 1 spiro atoms. The fourth-order valence-corrected chi connectivity index (χ4v) is 4.07. The number of carbonyl (C=O) groups excluding carboxylic acids is 1. The number of ether oxygens (including phenoxy) is 1. The summed E-state index contributed by atoms with van der Waals surface area (Å²) in [7, 11) is 1.62. The third-order valence-electron chi connectivity index (χ3n) is 5.66. The van der Waals surface area contributed by atoms with Gasteiger partial charge in [0.2, 0.25) is 0 Å². The van der Waals surface area contributed by atoms with Crippen LogP contribution in [0.25, 0.3) is 0 Å². The highest BCUT2D eigenvalue weighted by molar-refractivity contribution is 5.94. The van der Waals surface area contributed by atoms with Crippen molar-refractivity contribution in [1.29, 1.82) is 0 Å². The molecule has 6 heteroatoms. The molecule has 2 heterocycles. The number of nitrogens with one attached hydrogen (secondary N) is 1. The van der Waals surface area contributed by atoms with Crippen LogP contribution in [-0.4, -0.2) is 54.7 Å². The van der Waals surface area contributed by atoms with E-state index in [0.717, 1.165) is 30.7 Å². The quantitative estimate of drug-likeness (QED) is 0.788. The predicted octanol–water partition coefficient (Wildman–Crippen LogP) is 2.09. The van der Waals surface area contributed by atoms with Crippen LogP contribution in [0.2, 0.25) is 0 Å². The average molecular weight is 358 g/mol. The van der Waals surface area contributed by atoms with Crippen molar-refractivity contribution in [3.8, 4) is 5.75 Å². The highest BCUT2D eigenvalue weighted by atomic mass is 16.5. The number of benzene rings is 1. The summed E-state index contributed by atoms with van der Waals surface area (Å²) < 4.78 is 5.34. The molecule has 26 heavy (non-hydrogen) atoms. The Morgan fingerprint density at radius 1 is 1.42 bits per heavy atom. The van der Waals surface area contributed by atoms with Crippen molar-refractivity contribution in [3.05, 3.63) is 42.0 Å². The molecule has 0 aromatic heterocycles. The SMILES string of the molecule is C=CCc1cc(C(=O)N2CCC3(CC2)CN[C@H](C(=O)O)C3)ccc1OC. The van der Waals surface area contributed by atoms with Gasteiger partial charge in [-0.3, -0.25) is 9.59 Å². The number of piperidine rings is 1. The van der Waals surface area contributed by atoms with Crippen LogP contribution in [-0.2, 0) is 11.2 Å². The normalized spacial score (nSPS) is 21.6. The molecule has 0 unspecified atom stereocenters. The number of hydrogen-bond donors (Lipinski definition) is 2. The number of carboxylic acid groups (broad SMARTS) is 1. The molecule has 2 saturated heterocycles. The predicted molar refractivity (Wildman–Crippen MR) is 98.5 cm³/mol. The Bertz CT molecular complexity index is 708. The van der Waals surface area contributed by atoms with Crippen molar-refractivity contribution in [3.63, 3.8) is 0 Å². The van der Waals surface area contributed by atoms with Crippen LogP contribution in [0.15, 0.2) is 30.9 Å². The number of hydrogen-bond acceptors (Lipinski definition) is 4. The van der Waals surface area contributed by atoms with E-state index in [1.807, 2.05) is 17.0 Å². The van der Waals surface area contributed by atoms with Crippen LogP contribution >= 0.6 is 0 Å². The second-order valence-corrected chi connectivity index (χ2v) is 7.29. The van der Waals surface area contributed by atoms with Gasteiger partial charge >= 0.3 is 5.97 Å². The van der Waals surface area contributed by atoms with Crippen molar-refractivity contribution < 1.29 is 19.4 Å². The molecule has 2 aliphatic rings. The Hall–Kier alpha value is -2.34. The third kappa shape index (κ3) is 3.60. The van der Waals surface area contributed by atoms with Crippen LogP contribution in [0.5, 0.6) is 5.75 Å². The van der Waals surface area contributed by atoms with E-state index in [0.29, 0.717) is 31.5 Å². The molecule has 3 rings (SSSR count). The minimum atomic E-state index is -0.784. The van der Waals surface area contributed by atoms with Crippen LogP contribution in [0.1, 0.15) is 35.2 Å². The molecule has 140 valence electrons. The number of rotatable bonds is 5. The number of carbonyl (C=O) groups is 2. The van der Waals surface area contributed by atoms with Crippen molar-refractivity contribution in [1.82, 2.24) is 10.2 Å². The van der Waals surface area contributed by atoms with Gasteiger partial charge in [-0.05, 0) is 54.9 Å². The van der Waals surface area contributed by atoms with E-state index in [-0.39, 0.29) is 11.3 Å². The van der Waals surface area contributed by atoms with Gasteiger partial charge in [-0.25, -0.2) is 0 Å². The molecule has 6 nitrogen and oxygen atoms in total. The van der Waals surface area contributed by atoms with Gasteiger partial charge in [-0.2, -0.15) is 0 Å². The largest absolute Gasteiger partial charge is 0.496 e. The number of allylic oxidation sites excluding steroid dienone is 1. The molecule has 1 amide bonds. The molecule has 2 fully saturated rings. The topological polar surface area (TPSA) is 78.9 Å². The van der Waals surface area contributed by atoms with Crippen molar-refractivity contribution in [2.24, 2.45) is 5.41 Å². The Balaban J connectivity index is 1.66. The lowest BCUT2D eigenvalue weighted by molar-refractivity contribution is -0.139. The molecular weight excluding hydrogens is 332 g/mol. The zero-order valence-electron chi connectivity index (χ0n) is 15.2. The summed E-state index contributed by atoms with van der Waals surface area (Å²) in [4.78, 5) is 25.9. The van der Waals surface area contributed by atoms with Gasteiger partial charge in [0, 0.05) is 25.2 Å². The maximum atomic E-state index is 12.9. The Morgan fingerprint density at radius 3 is 2.73 bits per heavy atom. The first kappa shape index (κ1) is 18.5. The Morgan fingerprint density at radius 2 is 2.15 bits per heavy atom. The fraction of sp³-hybridized carbons (Fsp3) is 0.500. The van der Waals surface area contributed by atoms with E-state index in [1.54, 1.807) is 19.3 Å². The summed E-state index contributed by atoms with van der Waals surface area (Å²) in [6.45, 7) is 5.80. The summed E-state index contributed by atoms with van der Waals surface area (Å²) >= 11 is 0. The number of methoxy groups -OCH3 is 1. The van der Waals surface area contributed by atoms with Crippen molar-refractivity contribution in [2.45, 2.75) is 31.7 Å². The van der Waals surface area contributed by atoms with Gasteiger partial charge in [0.05, 0.1) is 7.11 Å². The van der Waals surface area contributed by atoms with E-state index in [9.17, 15) is 14.7 Å². The van der Waals surface area contributed by atoms with Gasteiger partial charge in [0.25, 0.3) is 5.91 Å². The second-order valence-electron chi connectivity index (χ2n) is 7.29. The van der Waals surface area contributed by atoms with Crippen LogP contribution in [0, 0.1) is 5.41 Å². The number of aliphatic carboxylic acids is 1. The van der Waals surface area contributed by atoms with E-state index in [2.05, 4.69) is 11.9 Å². The first-order valence-electron chi connectivity index (χ1n) is 9.01. The third-order valence-corrected chi connectivity index (χ3v) is 5.66. The van der Waals surface area contributed by atoms with Crippen molar-refractivity contribution >= 4 is 11.9 Å². The molecule has 1 atom stereocenters. The van der Waals surface area contributed by atoms with Crippen molar-refractivity contribution in [2.75, 3.05) is 26.7 Å². The highest BCUT2D eigenvalue weighted by Gasteiger charge is 2.44. The molecule has 0 saturated carbocycles. The number of carboxylic acids is 1. The highest BCUT2D eigenvalue weighted by Crippen LogP contribution is 2.39.